The molecule has 1 atom stereocenters. The first-order chi connectivity index (χ1) is 15.3. The molecule has 0 bridgehead atoms. The second-order valence-electron chi connectivity index (χ2n) is 9.28. The van der Waals surface area contributed by atoms with Crippen molar-refractivity contribution in [2.45, 2.75) is 65.6 Å². The highest BCUT2D eigenvalue weighted by atomic mass is 16.2. The molecule has 1 saturated heterocycles. The highest BCUT2D eigenvalue weighted by molar-refractivity contribution is 5.96. The lowest BCUT2D eigenvalue weighted by Crippen LogP contribution is -2.44. The molecule has 0 aliphatic carbocycles. The van der Waals surface area contributed by atoms with Crippen LogP contribution in [0.3, 0.4) is 0 Å². The quantitative estimate of drug-likeness (QED) is 0.576. The number of aryl methyl sites for hydroxylation is 1. The molecule has 4 rings (SSSR count). The molecule has 168 valence electrons. The lowest BCUT2D eigenvalue weighted by molar-refractivity contribution is -0.135. The van der Waals surface area contributed by atoms with E-state index < -0.39 is 0 Å². The van der Waals surface area contributed by atoms with E-state index in [0.717, 1.165) is 28.1 Å². The van der Waals surface area contributed by atoms with Crippen molar-refractivity contribution in [3.05, 3.63) is 59.9 Å². The Morgan fingerprint density at radius 1 is 1.09 bits per heavy atom. The molecule has 0 radical (unpaired) electrons. The molecule has 0 N–H and O–H groups in total. The standard InChI is InChI=1S/C26H32N4O2/c1-17(2)30(18(3)4)25(32)16-29-23-12-7-6-11-22(23)27-26(29)20-14-24(31)28(15-20)21-10-8-9-19(5)13-21/h6-13,17-18,20H,14-16H2,1-5H3/t20-/m1/s1. The Morgan fingerprint density at radius 2 is 1.81 bits per heavy atom. The molecule has 6 nitrogen and oxygen atoms in total. The average molecular weight is 433 g/mol. The zero-order valence-corrected chi connectivity index (χ0v) is 19.6. The molecule has 0 saturated carbocycles. The number of nitrogens with zero attached hydrogens (tertiary/aromatic N) is 4. The molecule has 1 aliphatic rings. The van der Waals surface area contributed by atoms with Crippen LogP contribution in [0.2, 0.25) is 0 Å². The van der Waals surface area contributed by atoms with Gasteiger partial charge < -0.3 is 14.4 Å². The Balaban J connectivity index is 1.69. The number of imidazole rings is 1. The zero-order chi connectivity index (χ0) is 23.0. The van der Waals surface area contributed by atoms with E-state index in [1.54, 1.807) is 0 Å². The summed E-state index contributed by atoms with van der Waals surface area (Å²) in [5.74, 6) is 0.918. The van der Waals surface area contributed by atoms with Gasteiger partial charge in [0.05, 0.1) is 11.0 Å². The van der Waals surface area contributed by atoms with Crippen molar-refractivity contribution < 1.29 is 9.59 Å². The second kappa shape index (κ2) is 8.77. The van der Waals surface area contributed by atoms with Gasteiger partial charge in [0.1, 0.15) is 12.4 Å². The van der Waals surface area contributed by atoms with Crippen LogP contribution in [0.15, 0.2) is 48.5 Å². The molecular weight excluding hydrogens is 400 g/mol. The minimum absolute atomic E-state index is 0.0604. The Bertz CT molecular complexity index is 1140. The number of hydrogen-bond donors (Lipinski definition) is 0. The van der Waals surface area contributed by atoms with Crippen molar-refractivity contribution in [1.82, 2.24) is 14.5 Å². The van der Waals surface area contributed by atoms with Gasteiger partial charge in [-0.05, 0) is 64.4 Å². The van der Waals surface area contributed by atoms with E-state index in [-0.39, 0.29) is 36.4 Å². The minimum atomic E-state index is -0.0604. The van der Waals surface area contributed by atoms with Crippen LogP contribution < -0.4 is 4.90 Å². The Kier molecular flexibility index (Phi) is 6.04. The van der Waals surface area contributed by atoms with Crippen LogP contribution >= 0.6 is 0 Å². The maximum atomic E-state index is 13.3. The summed E-state index contributed by atoms with van der Waals surface area (Å²) >= 11 is 0. The highest BCUT2D eigenvalue weighted by Gasteiger charge is 2.35. The van der Waals surface area contributed by atoms with Gasteiger partial charge in [-0.3, -0.25) is 9.59 Å². The second-order valence-corrected chi connectivity index (χ2v) is 9.28. The van der Waals surface area contributed by atoms with E-state index >= 15 is 0 Å². The molecule has 3 aromatic rings. The van der Waals surface area contributed by atoms with Crippen molar-refractivity contribution in [1.29, 1.82) is 0 Å². The number of para-hydroxylation sites is 2. The number of aromatic nitrogens is 2. The summed E-state index contributed by atoms with van der Waals surface area (Å²) in [6.07, 6.45) is 0.392. The Labute approximate surface area is 189 Å². The van der Waals surface area contributed by atoms with Crippen LogP contribution in [0, 0.1) is 6.92 Å². The van der Waals surface area contributed by atoms with Crippen LogP contribution in [-0.2, 0) is 16.1 Å². The van der Waals surface area contributed by atoms with E-state index in [1.807, 2.05) is 97.5 Å². The molecule has 1 fully saturated rings. The number of benzene rings is 2. The van der Waals surface area contributed by atoms with Crippen LogP contribution in [0.4, 0.5) is 5.69 Å². The van der Waals surface area contributed by atoms with Crippen LogP contribution in [0.1, 0.15) is 51.4 Å². The number of rotatable bonds is 6. The molecule has 2 aromatic carbocycles. The summed E-state index contributed by atoms with van der Waals surface area (Å²) < 4.78 is 2.02. The molecule has 0 unspecified atom stereocenters. The van der Waals surface area contributed by atoms with Gasteiger partial charge in [0, 0.05) is 36.7 Å². The Morgan fingerprint density at radius 3 is 2.50 bits per heavy atom. The van der Waals surface area contributed by atoms with Gasteiger partial charge in [-0.25, -0.2) is 4.98 Å². The van der Waals surface area contributed by atoms with Crippen molar-refractivity contribution in [3.8, 4) is 0 Å². The van der Waals surface area contributed by atoms with Crippen molar-refractivity contribution in [2.24, 2.45) is 0 Å². The summed E-state index contributed by atoms with van der Waals surface area (Å²) in [6, 6.07) is 16.2. The SMILES string of the molecule is Cc1cccc(N2C[C@H](c3nc4ccccc4n3CC(=O)N(C(C)C)C(C)C)CC2=O)c1. The number of anilines is 1. The Hall–Kier alpha value is -3.15. The van der Waals surface area contributed by atoms with Gasteiger partial charge in [-0.15, -0.1) is 0 Å². The van der Waals surface area contributed by atoms with E-state index in [0.29, 0.717) is 13.0 Å². The number of carbonyl (C=O) groups excluding carboxylic acids is 2. The monoisotopic (exact) mass is 432 g/mol. The normalized spacial score (nSPS) is 16.5. The summed E-state index contributed by atoms with van der Waals surface area (Å²) in [4.78, 5) is 34.9. The number of carbonyl (C=O) groups is 2. The van der Waals surface area contributed by atoms with Crippen LogP contribution in [0.5, 0.6) is 0 Å². The third kappa shape index (κ3) is 4.14. The molecule has 1 aliphatic heterocycles. The predicted octanol–water partition coefficient (Wildman–Crippen LogP) is 4.51. The third-order valence-corrected chi connectivity index (χ3v) is 6.18. The van der Waals surface area contributed by atoms with E-state index in [4.69, 9.17) is 4.98 Å². The summed E-state index contributed by atoms with van der Waals surface area (Å²) in [6.45, 7) is 11.0. The summed E-state index contributed by atoms with van der Waals surface area (Å²) in [7, 11) is 0. The smallest absolute Gasteiger partial charge is 0.243 e. The lowest BCUT2D eigenvalue weighted by Gasteiger charge is -2.31. The van der Waals surface area contributed by atoms with Gasteiger partial charge in [0.25, 0.3) is 0 Å². The van der Waals surface area contributed by atoms with Crippen LogP contribution in [-0.4, -0.2) is 44.9 Å². The number of hydrogen-bond acceptors (Lipinski definition) is 3. The number of amides is 2. The fraction of sp³-hybridized carbons (Fsp3) is 0.423. The van der Waals surface area contributed by atoms with Crippen molar-refractivity contribution >= 4 is 28.5 Å². The van der Waals surface area contributed by atoms with Gasteiger partial charge >= 0.3 is 0 Å². The first kappa shape index (κ1) is 22.1. The lowest BCUT2D eigenvalue weighted by atomic mass is 10.1. The molecule has 6 heteroatoms. The predicted molar refractivity (Wildman–Crippen MR) is 128 cm³/mol. The first-order valence-corrected chi connectivity index (χ1v) is 11.4. The van der Waals surface area contributed by atoms with Gasteiger partial charge in [-0.1, -0.05) is 24.3 Å². The first-order valence-electron chi connectivity index (χ1n) is 11.4. The topological polar surface area (TPSA) is 58.4 Å². The minimum Gasteiger partial charge on any atom is -0.336 e. The van der Waals surface area contributed by atoms with E-state index in [1.165, 1.54) is 0 Å². The molecule has 2 amide bonds. The fourth-order valence-electron chi connectivity index (χ4n) is 4.89. The maximum absolute atomic E-state index is 13.3. The molecular formula is C26H32N4O2. The molecule has 2 heterocycles. The maximum Gasteiger partial charge on any atom is 0.243 e. The molecule has 0 spiro atoms. The van der Waals surface area contributed by atoms with Crippen molar-refractivity contribution in [3.63, 3.8) is 0 Å². The van der Waals surface area contributed by atoms with E-state index in [9.17, 15) is 9.59 Å². The van der Waals surface area contributed by atoms with Crippen LogP contribution in [0.25, 0.3) is 11.0 Å². The van der Waals surface area contributed by atoms with Gasteiger partial charge in [0.2, 0.25) is 11.8 Å². The summed E-state index contributed by atoms with van der Waals surface area (Å²) in [5.41, 5.74) is 3.84. The third-order valence-electron chi connectivity index (χ3n) is 6.18. The van der Waals surface area contributed by atoms with Gasteiger partial charge in [-0.2, -0.15) is 0 Å². The largest absolute Gasteiger partial charge is 0.336 e. The van der Waals surface area contributed by atoms with Gasteiger partial charge in [0.15, 0.2) is 0 Å². The van der Waals surface area contributed by atoms with Crippen molar-refractivity contribution in [2.75, 3.05) is 11.4 Å². The zero-order valence-electron chi connectivity index (χ0n) is 19.6. The fourth-order valence-corrected chi connectivity index (χ4v) is 4.89. The molecule has 32 heavy (non-hydrogen) atoms. The average Bonchev–Trinajstić information content (AvgIpc) is 3.28. The summed E-state index contributed by atoms with van der Waals surface area (Å²) in [5, 5.41) is 0. The molecule has 1 aromatic heterocycles. The van der Waals surface area contributed by atoms with E-state index in [2.05, 4.69) is 0 Å². The number of fused-ring (bicyclic) bond motifs is 1. The highest BCUT2D eigenvalue weighted by Crippen LogP contribution is 2.33.